The SMILES string of the molecule is CCCNC(Cc1ccc(Br)s1)C1OCCC1C. The van der Waals surface area contributed by atoms with E-state index in [4.69, 9.17) is 4.74 Å². The zero-order valence-electron chi connectivity index (χ0n) is 11.1. The van der Waals surface area contributed by atoms with Crippen LogP contribution in [0.1, 0.15) is 31.6 Å². The van der Waals surface area contributed by atoms with E-state index >= 15 is 0 Å². The summed E-state index contributed by atoms with van der Waals surface area (Å²) in [5.74, 6) is 0.669. The van der Waals surface area contributed by atoms with E-state index < -0.39 is 0 Å². The third-order valence-corrected chi connectivity index (χ3v) is 5.19. The molecule has 1 aliphatic heterocycles. The highest BCUT2D eigenvalue weighted by atomic mass is 79.9. The molecule has 3 atom stereocenters. The maximum Gasteiger partial charge on any atom is 0.0757 e. The number of nitrogens with one attached hydrogen (secondary N) is 1. The van der Waals surface area contributed by atoms with Gasteiger partial charge in [-0.15, -0.1) is 11.3 Å². The number of ether oxygens (including phenoxy) is 1. The Labute approximate surface area is 122 Å². The quantitative estimate of drug-likeness (QED) is 0.854. The Morgan fingerprint density at radius 3 is 2.94 bits per heavy atom. The Balaban J connectivity index is 2.00. The van der Waals surface area contributed by atoms with Gasteiger partial charge in [-0.3, -0.25) is 0 Å². The lowest BCUT2D eigenvalue weighted by Gasteiger charge is -2.27. The minimum absolute atomic E-state index is 0.373. The van der Waals surface area contributed by atoms with Crippen LogP contribution in [0.4, 0.5) is 0 Å². The fourth-order valence-electron chi connectivity index (χ4n) is 2.54. The fraction of sp³-hybridized carbons (Fsp3) is 0.714. The molecule has 1 N–H and O–H groups in total. The molecule has 0 bridgehead atoms. The molecule has 1 aromatic rings. The predicted octanol–water partition coefficient (Wildman–Crippen LogP) is 3.85. The Hall–Kier alpha value is 0.1000. The summed E-state index contributed by atoms with van der Waals surface area (Å²) in [7, 11) is 0. The second-order valence-corrected chi connectivity index (χ2v) is 7.62. The molecule has 18 heavy (non-hydrogen) atoms. The molecule has 4 heteroatoms. The number of halogens is 1. The van der Waals surface area contributed by atoms with Gasteiger partial charge in [-0.25, -0.2) is 0 Å². The number of thiophene rings is 1. The molecular weight excluding hydrogens is 310 g/mol. The largest absolute Gasteiger partial charge is 0.376 e. The molecule has 0 saturated carbocycles. The van der Waals surface area contributed by atoms with Crippen molar-refractivity contribution in [3.05, 3.63) is 20.8 Å². The molecule has 1 fully saturated rings. The lowest BCUT2D eigenvalue weighted by atomic mass is 9.95. The first kappa shape index (κ1) is 14.5. The van der Waals surface area contributed by atoms with Crippen molar-refractivity contribution >= 4 is 27.3 Å². The zero-order valence-corrected chi connectivity index (χ0v) is 13.5. The molecule has 3 unspecified atom stereocenters. The third kappa shape index (κ3) is 3.80. The minimum atomic E-state index is 0.373. The standard InChI is InChI=1S/C14H22BrNOS/c1-3-7-16-12(14-10(2)6-8-17-14)9-11-4-5-13(15)18-11/h4-5,10,12,14,16H,3,6-9H2,1-2H3. The lowest BCUT2D eigenvalue weighted by molar-refractivity contribution is 0.0612. The number of hydrogen-bond donors (Lipinski definition) is 1. The van der Waals surface area contributed by atoms with Crippen molar-refractivity contribution in [1.82, 2.24) is 5.32 Å². The molecule has 2 rings (SSSR count). The smallest absolute Gasteiger partial charge is 0.0757 e. The van der Waals surface area contributed by atoms with E-state index in [0.29, 0.717) is 18.1 Å². The average molecular weight is 332 g/mol. The topological polar surface area (TPSA) is 21.3 Å². The van der Waals surface area contributed by atoms with Crippen molar-refractivity contribution in [3.8, 4) is 0 Å². The van der Waals surface area contributed by atoms with E-state index in [-0.39, 0.29) is 0 Å². The second-order valence-electron chi connectivity index (χ2n) is 5.07. The average Bonchev–Trinajstić information content (AvgIpc) is 2.93. The van der Waals surface area contributed by atoms with Gasteiger partial charge in [0.15, 0.2) is 0 Å². The molecule has 1 aliphatic rings. The van der Waals surface area contributed by atoms with E-state index in [1.54, 1.807) is 0 Å². The molecular formula is C14H22BrNOS. The molecule has 0 amide bonds. The first-order valence-corrected chi connectivity index (χ1v) is 8.41. The van der Waals surface area contributed by atoms with Crippen LogP contribution in [0.3, 0.4) is 0 Å². The van der Waals surface area contributed by atoms with Gasteiger partial charge in [0, 0.05) is 17.5 Å². The summed E-state index contributed by atoms with van der Waals surface area (Å²) in [4.78, 5) is 1.43. The summed E-state index contributed by atoms with van der Waals surface area (Å²) in [6, 6.07) is 4.80. The summed E-state index contributed by atoms with van der Waals surface area (Å²) in [6.07, 6.45) is 3.82. The second kappa shape index (κ2) is 7.04. The first-order chi connectivity index (χ1) is 8.70. The van der Waals surface area contributed by atoms with Crippen LogP contribution in [0.15, 0.2) is 15.9 Å². The van der Waals surface area contributed by atoms with Crippen molar-refractivity contribution in [3.63, 3.8) is 0 Å². The number of hydrogen-bond acceptors (Lipinski definition) is 3. The monoisotopic (exact) mass is 331 g/mol. The van der Waals surface area contributed by atoms with Crippen molar-refractivity contribution < 1.29 is 4.74 Å². The van der Waals surface area contributed by atoms with Gasteiger partial charge in [0.2, 0.25) is 0 Å². The molecule has 0 radical (unpaired) electrons. The highest BCUT2D eigenvalue weighted by Crippen LogP contribution is 2.28. The van der Waals surface area contributed by atoms with Crippen LogP contribution < -0.4 is 5.32 Å². The van der Waals surface area contributed by atoms with Crippen LogP contribution in [-0.2, 0) is 11.2 Å². The van der Waals surface area contributed by atoms with Gasteiger partial charge in [0.05, 0.1) is 9.89 Å². The normalized spacial score (nSPS) is 25.5. The van der Waals surface area contributed by atoms with Gasteiger partial charge >= 0.3 is 0 Å². The summed E-state index contributed by atoms with van der Waals surface area (Å²) in [5, 5.41) is 3.67. The van der Waals surface area contributed by atoms with Gasteiger partial charge < -0.3 is 10.1 Å². The molecule has 2 nitrogen and oxygen atoms in total. The summed E-state index contributed by atoms with van der Waals surface area (Å²) in [6.45, 7) is 6.52. The van der Waals surface area contributed by atoms with Gasteiger partial charge in [0.25, 0.3) is 0 Å². The fourth-order valence-corrected chi connectivity index (χ4v) is 4.09. The van der Waals surface area contributed by atoms with Crippen molar-refractivity contribution in [2.24, 2.45) is 5.92 Å². The van der Waals surface area contributed by atoms with Gasteiger partial charge in [-0.2, -0.15) is 0 Å². The van der Waals surface area contributed by atoms with E-state index in [1.807, 2.05) is 11.3 Å². The number of rotatable bonds is 6. The molecule has 0 spiro atoms. The molecule has 102 valence electrons. The van der Waals surface area contributed by atoms with E-state index in [9.17, 15) is 0 Å². The maximum absolute atomic E-state index is 5.93. The summed E-state index contributed by atoms with van der Waals surface area (Å²) >= 11 is 5.37. The van der Waals surface area contributed by atoms with Crippen molar-refractivity contribution in [2.45, 2.75) is 45.3 Å². The van der Waals surface area contributed by atoms with Crippen LogP contribution in [0, 0.1) is 5.92 Å². The van der Waals surface area contributed by atoms with E-state index in [2.05, 4.69) is 47.2 Å². The van der Waals surface area contributed by atoms with Crippen molar-refractivity contribution in [1.29, 1.82) is 0 Å². The Bertz CT molecular complexity index is 368. The summed E-state index contributed by atoms with van der Waals surface area (Å²) in [5.41, 5.74) is 0. The predicted molar refractivity (Wildman–Crippen MR) is 81.3 cm³/mol. The Kier molecular flexibility index (Phi) is 5.67. The Morgan fingerprint density at radius 2 is 2.39 bits per heavy atom. The molecule has 1 aromatic heterocycles. The minimum Gasteiger partial charge on any atom is -0.376 e. The van der Waals surface area contributed by atoms with E-state index in [0.717, 1.165) is 19.6 Å². The molecule has 2 heterocycles. The van der Waals surface area contributed by atoms with Crippen LogP contribution >= 0.6 is 27.3 Å². The molecule has 0 aromatic carbocycles. The highest BCUT2D eigenvalue weighted by Gasteiger charge is 2.31. The molecule has 0 aliphatic carbocycles. The van der Waals surface area contributed by atoms with Crippen molar-refractivity contribution in [2.75, 3.05) is 13.2 Å². The Morgan fingerprint density at radius 1 is 1.56 bits per heavy atom. The lowest BCUT2D eigenvalue weighted by Crippen LogP contribution is -2.44. The van der Waals surface area contributed by atoms with Crippen LogP contribution in [0.2, 0.25) is 0 Å². The van der Waals surface area contributed by atoms with Crippen LogP contribution in [-0.4, -0.2) is 25.3 Å². The van der Waals surface area contributed by atoms with Crippen LogP contribution in [0.5, 0.6) is 0 Å². The first-order valence-electron chi connectivity index (χ1n) is 6.80. The summed E-state index contributed by atoms with van der Waals surface area (Å²) < 4.78 is 7.15. The van der Waals surface area contributed by atoms with Gasteiger partial charge in [0.1, 0.15) is 0 Å². The van der Waals surface area contributed by atoms with Gasteiger partial charge in [-0.05, 0) is 59.8 Å². The zero-order chi connectivity index (χ0) is 13.0. The highest BCUT2D eigenvalue weighted by molar-refractivity contribution is 9.11. The van der Waals surface area contributed by atoms with Crippen LogP contribution in [0.25, 0.3) is 0 Å². The van der Waals surface area contributed by atoms with Gasteiger partial charge in [-0.1, -0.05) is 13.8 Å². The third-order valence-electron chi connectivity index (χ3n) is 3.55. The molecule has 1 saturated heterocycles. The maximum atomic E-state index is 5.93. The van der Waals surface area contributed by atoms with E-state index in [1.165, 1.54) is 21.5 Å².